The van der Waals surface area contributed by atoms with Gasteiger partial charge in [-0.1, -0.05) is 29.3 Å². The summed E-state index contributed by atoms with van der Waals surface area (Å²) in [7, 11) is 4.07. The second kappa shape index (κ2) is 12.3. The standard InChI is InChI=1S/C23H21Cl2NO8S/c1-30-11-33-17-7-14(8-18(34-12-31-2)20(17)22(28)32-3)9-19-21(27)26(23(29)35-19)10-13-4-5-15(24)16(25)6-13/h4-9H,10-12H2,1-3H3/b19-9-. The van der Waals surface area contributed by atoms with Crippen LogP contribution in [0.15, 0.2) is 35.2 Å². The minimum Gasteiger partial charge on any atom is -0.466 e. The number of benzene rings is 2. The summed E-state index contributed by atoms with van der Waals surface area (Å²) in [6, 6.07) is 7.91. The normalized spacial score (nSPS) is 14.5. The van der Waals surface area contributed by atoms with Gasteiger partial charge in [0.05, 0.1) is 28.6 Å². The SMILES string of the molecule is COCOc1cc(/C=C2\SC(=O)N(Cc3ccc(Cl)c(Cl)c3)C2=O)cc(OCOC)c1C(=O)OC. The van der Waals surface area contributed by atoms with Crippen molar-refractivity contribution in [1.82, 2.24) is 4.90 Å². The van der Waals surface area contributed by atoms with Gasteiger partial charge in [-0.15, -0.1) is 0 Å². The maximum atomic E-state index is 13.0. The lowest BCUT2D eigenvalue weighted by Gasteiger charge is -2.16. The van der Waals surface area contributed by atoms with Gasteiger partial charge in [0, 0.05) is 14.2 Å². The van der Waals surface area contributed by atoms with E-state index in [1.807, 2.05) is 0 Å². The maximum Gasteiger partial charge on any atom is 0.345 e. The predicted octanol–water partition coefficient (Wildman–Crippen LogP) is 4.98. The van der Waals surface area contributed by atoms with E-state index in [0.717, 1.165) is 16.7 Å². The quantitative estimate of drug-likeness (QED) is 0.234. The largest absolute Gasteiger partial charge is 0.466 e. The number of thioether (sulfide) groups is 1. The van der Waals surface area contributed by atoms with Gasteiger partial charge >= 0.3 is 5.97 Å². The average molecular weight is 542 g/mol. The molecule has 0 spiro atoms. The van der Waals surface area contributed by atoms with Crippen molar-refractivity contribution < 1.29 is 38.1 Å². The molecule has 0 saturated carbocycles. The van der Waals surface area contributed by atoms with E-state index < -0.39 is 17.1 Å². The molecule has 1 aliphatic rings. The first-order chi connectivity index (χ1) is 16.8. The molecule has 0 radical (unpaired) electrons. The molecule has 186 valence electrons. The first kappa shape index (κ1) is 26.8. The van der Waals surface area contributed by atoms with E-state index in [0.29, 0.717) is 21.2 Å². The monoisotopic (exact) mass is 541 g/mol. The molecule has 1 heterocycles. The number of rotatable bonds is 10. The Morgan fingerprint density at radius 3 is 2.14 bits per heavy atom. The summed E-state index contributed by atoms with van der Waals surface area (Å²) in [5, 5.41) is 0.257. The van der Waals surface area contributed by atoms with Gasteiger partial charge in [0.25, 0.3) is 11.1 Å². The zero-order valence-electron chi connectivity index (χ0n) is 19.0. The number of carbonyl (C=O) groups is 3. The highest BCUT2D eigenvalue weighted by molar-refractivity contribution is 8.18. The van der Waals surface area contributed by atoms with Crippen molar-refractivity contribution in [3.05, 3.63) is 62.0 Å². The fourth-order valence-corrected chi connectivity index (χ4v) is 4.24. The molecular weight excluding hydrogens is 521 g/mol. The van der Waals surface area contributed by atoms with Gasteiger partial charge < -0.3 is 23.7 Å². The Hall–Kier alpha value is -2.76. The Kier molecular flexibility index (Phi) is 9.41. The van der Waals surface area contributed by atoms with E-state index in [9.17, 15) is 14.4 Å². The van der Waals surface area contributed by atoms with Crippen molar-refractivity contribution >= 4 is 58.2 Å². The molecule has 3 rings (SSSR count). The van der Waals surface area contributed by atoms with Crippen LogP contribution >= 0.6 is 35.0 Å². The molecule has 0 N–H and O–H groups in total. The molecule has 1 saturated heterocycles. The lowest BCUT2D eigenvalue weighted by atomic mass is 10.1. The van der Waals surface area contributed by atoms with Crippen LogP contribution in [0.5, 0.6) is 11.5 Å². The molecule has 9 nitrogen and oxygen atoms in total. The number of imide groups is 1. The van der Waals surface area contributed by atoms with Crippen molar-refractivity contribution in [1.29, 1.82) is 0 Å². The van der Waals surface area contributed by atoms with Crippen LogP contribution in [0.4, 0.5) is 4.79 Å². The van der Waals surface area contributed by atoms with E-state index in [1.54, 1.807) is 18.2 Å². The van der Waals surface area contributed by atoms with E-state index >= 15 is 0 Å². The van der Waals surface area contributed by atoms with Crippen LogP contribution in [0.1, 0.15) is 21.5 Å². The fraction of sp³-hybridized carbons (Fsp3) is 0.261. The zero-order valence-corrected chi connectivity index (χ0v) is 21.3. The van der Waals surface area contributed by atoms with Crippen LogP contribution in [0.25, 0.3) is 6.08 Å². The van der Waals surface area contributed by atoms with Gasteiger partial charge in [-0.2, -0.15) is 0 Å². The molecule has 1 fully saturated rings. The van der Waals surface area contributed by atoms with Crippen LogP contribution in [0, 0.1) is 0 Å². The Balaban J connectivity index is 1.95. The highest BCUT2D eigenvalue weighted by atomic mass is 35.5. The third-order valence-corrected chi connectivity index (χ3v) is 6.28. The Labute approximate surface area is 215 Å². The highest BCUT2D eigenvalue weighted by Gasteiger charge is 2.35. The van der Waals surface area contributed by atoms with Crippen LogP contribution in [-0.4, -0.2) is 56.9 Å². The van der Waals surface area contributed by atoms with Gasteiger partial charge in [0.1, 0.15) is 17.1 Å². The molecule has 0 unspecified atom stereocenters. The molecule has 0 atom stereocenters. The number of carbonyl (C=O) groups excluding carboxylic acids is 3. The van der Waals surface area contributed by atoms with Crippen molar-refractivity contribution in [3.8, 4) is 11.5 Å². The molecule has 2 aromatic carbocycles. The Morgan fingerprint density at radius 2 is 1.60 bits per heavy atom. The molecule has 0 bridgehead atoms. The topological polar surface area (TPSA) is 101 Å². The van der Waals surface area contributed by atoms with E-state index in [4.69, 9.17) is 46.9 Å². The molecule has 0 aromatic heterocycles. The number of esters is 1. The fourth-order valence-electron chi connectivity index (χ4n) is 3.08. The maximum absolute atomic E-state index is 13.0. The van der Waals surface area contributed by atoms with E-state index in [-0.39, 0.29) is 42.1 Å². The van der Waals surface area contributed by atoms with Gasteiger partial charge in [-0.25, -0.2) is 4.79 Å². The van der Waals surface area contributed by atoms with Crippen molar-refractivity contribution in [2.45, 2.75) is 6.54 Å². The second-order valence-corrected chi connectivity index (χ2v) is 8.81. The lowest BCUT2D eigenvalue weighted by Crippen LogP contribution is -2.27. The number of halogens is 2. The summed E-state index contributed by atoms with van der Waals surface area (Å²) in [4.78, 5) is 39.2. The van der Waals surface area contributed by atoms with Crippen molar-refractivity contribution in [2.24, 2.45) is 0 Å². The first-order valence-electron chi connectivity index (χ1n) is 9.98. The summed E-state index contributed by atoms with van der Waals surface area (Å²) in [5.41, 5.74) is 1.11. The Bertz CT molecular complexity index is 1140. The number of methoxy groups -OCH3 is 3. The minimum absolute atomic E-state index is 0.0199. The number of amides is 2. The summed E-state index contributed by atoms with van der Waals surface area (Å²) in [6.07, 6.45) is 1.50. The number of hydrogen-bond acceptors (Lipinski definition) is 9. The van der Waals surface area contributed by atoms with E-state index in [2.05, 4.69) is 0 Å². The zero-order chi connectivity index (χ0) is 25.5. The minimum atomic E-state index is -0.698. The van der Waals surface area contributed by atoms with Gasteiger partial charge in [0.15, 0.2) is 13.6 Å². The molecule has 2 amide bonds. The van der Waals surface area contributed by atoms with Crippen LogP contribution in [-0.2, 0) is 25.5 Å². The lowest BCUT2D eigenvalue weighted by molar-refractivity contribution is -0.123. The third kappa shape index (κ3) is 6.47. The Morgan fingerprint density at radius 1 is 0.971 bits per heavy atom. The summed E-state index contributed by atoms with van der Waals surface area (Å²) < 4.78 is 25.8. The van der Waals surface area contributed by atoms with Gasteiger partial charge in [0.2, 0.25) is 0 Å². The number of ether oxygens (including phenoxy) is 5. The van der Waals surface area contributed by atoms with Crippen LogP contribution in [0.2, 0.25) is 10.0 Å². The first-order valence-corrected chi connectivity index (χ1v) is 11.5. The average Bonchev–Trinajstić information content (AvgIpc) is 3.10. The van der Waals surface area contributed by atoms with Crippen LogP contribution in [0.3, 0.4) is 0 Å². The predicted molar refractivity (Wildman–Crippen MR) is 131 cm³/mol. The van der Waals surface area contributed by atoms with Crippen LogP contribution < -0.4 is 9.47 Å². The molecule has 12 heteroatoms. The van der Waals surface area contributed by atoms with Crippen molar-refractivity contribution in [3.63, 3.8) is 0 Å². The molecule has 35 heavy (non-hydrogen) atoms. The number of hydrogen-bond donors (Lipinski definition) is 0. The second-order valence-electron chi connectivity index (χ2n) is 7.00. The summed E-state index contributed by atoms with van der Waals surface area (Å²) >= 11 is 12.8. The van der Waals surface area contributed by atoms with Gasteiger partial charge in [-0.3, -0.25) is 14.5 Å². The van der Waals surface area contributed by atoms with Gasteiger partial charge in [-0.05, 0) is 53.2 Å². The third-order valence-electron chi connectivity index (χ3n) is 4.64. The molecule has 0 aliphatic carbocycles. The van der Waals surface area contributed by atoms with Crippen molar-refractivity contribution in [2.75, 3.05) is 34.9 Å². The van der Waals surface area contributed by atoms with E-state index in [1.165, 1.54) is 39.5 Å². The molecule has 1 aliphatic heterocycles. The molecular formula is C23H21Cl2NO8S. The summed E-state index contributed by atoms with van der Waals surface area (Å²) in [6.45, 7) is -0.279. The smallest absolute Gasteiger partial charge is 0.345 e. The number of nitrogens with zero attached hydrogens (tertiary/aromatic N) is 1. The highest BCUT2D eigenvalue weighted by Crippen LogP contribution is 2.37. The summed E-state index contributed by atoms with van der Waals surface area (Å²) in [5.74, 6) is -0.972. The molecule has 2 aromatic rings.